The van der Waals surface area contributed by atoms with Gasteiger partial charge in [0.1, 0.15) is 0 Å². The van der Waals surface area contributed by atoms with Gasteiger partial charge in [-0.15, -0.1) is 0 Å². The van der Waals surface area contributed by atoms with Crippen LogP contribution in [0.1, 0.15) is 18.1 Å². The van der Waals surface area contributed by atoms with E-state index in [4.69, 9.17) is 5.73 Å². The number of nitrogen functional groups attached to an aromatic ring is 1. The van der Waals surface area contributed by atoms with Gasteiger partial charge in [0.2, 0.25) is 10.0 Å². The summed E-state index contributed by atoms with van der Waals surface area (Å²) < 4.78 is 26.5. The van der Waals surface area contributed by atoms with E-state index in [0.717, 1.165) is 17.5 Å². The lowest BCUT2D eigenvalue weighted by Crippen LogP contribution is -2.26. The molecule has 0 aliphatic rings. The molecule has 0 heterocycles. The molecule has 5 heteroatoms. The van der Waals surface area contributed by atoms with Crippen LogP contribution in [0.3, 0.4) is 0 Å². The second kappa shape index (κ2) is 6.28. The SMILES string of the molecule is CCc1ccc(S(=O)(=O)N(C)Cc2ccccc2)cc1N. The Kier molecular flexibility index (Phi) is 4.65. The van der Waals surface area contributed by atoms with E-state index >= 15 is 0 Å². The van der Waals surface area contributed by atoms with Crippen molar-refractivity contribution in [2.24, 2.45) is 0 Å². The number of rotatable bonds is 5. The normalized spacial score (nSPS) is 11.8. The van der Waals surface area contributed by atoms with Crippen molar-refractivity contribution in [2.75, 3.05) is 12.8 Å². The number of benzene rings is 2. The molecule has 0 aliphatic heterocycles. The summed E-state index contributed by atoms with van der Waals surface area (Å²) in [5.74, 6) is 0. The molecule has 0 aromatic heterocycles. The van der Waals surface area contributed by atoms with Crippen LogP contribution in [-0.2, 0) is 23.0 Å². The summed E-state index contributed by atoms with van der Waals surface area (Å²) in [6.07, 6.45) is 0.784. The Morgan fingerprint density at radius 3 is 2.33 bits per heavy atom. The average Bonchev–Trinajstić information content (AvgIpc) is 2.48. The maximum atomic E-state index is 12.6. The fourth-order valence-corrected chi connectivity index (χ4v) is 3.36. The Morgan fingerprint density at radius 1 is 1.10 bits per heavy atom. The van der Waals surface area contributed by atoms with Gasteiger partial charge in [0.15, 0.2) is 0 Å². The second-order valence-electron chi connectivity index (χ2n) is 4.96. The van der Waals surface area contributed by atoms with Gasteiger partial charge >= 0.3 is 0 Å². The minimum absolute atomic E-state index is 0.232. The highest BCUT2D eigenvalue weighted by molar-refractivity contribution is 7.89. The molecule has 2 aromatic carbocycles. The summed E-state index contributed by atoms with van der Waals surface area (Å²) >= 11 is 0. The van der Waals surface area contributed by atoms with Gasteiger partial charge < -0.3 is 5.73 Å². The number of hydrogen-bond acceptors (Lipinski definition) is 3. The Hall–Kier alpha value is -1.85. The first-order chi connectivity index (χ1) is 9.95. The molecule has 0 aliphatic carbocycles. The van der Waals surface area contributed by atoms with Gasteiger partial charge in [-0.05, 0) is 29.7 Å². The van der Waals surface area contributed by atoms with E-state index in [1.165, 1.54) is 10.4 Å². The fraction of sp³-hybridized carbons (Fsp3) is 0.250. The smallest absolute Gasteiger partial charge is 0.243 e. The van der Waals surface area contributed by atoms with Crippen molar-refractivity contribution in [3.05, 3.63) is 59.7 Å². The summed E-state index contributed by atoms with van der Waals surface area (Å²) in [5, 5.41) is 0. The van der Waals surface area contributed by atoms with Gasteiger partial charge in [0.05, 0.1) is 4.90 Å². The molecule has 112 valence electrons. The molecule has 0 bridgehead atoms. The molecule has 0 saturated carbocycles. The van der Waals surface area contributed by atoms with Crippen molar-refractivity contribution >= 4 is 15.7 Å². The Morgan fingerprint density at radius 2 is 1.76 bits per heavy atom. The monoisotopic (exact) mass is 304 g/mol. The number of nitrogens with two attached hydrogens (primary N) is 1. The van der Waals surface area contributed by atoms with Crippen LogP contribution < -0.4 is 5.73 Å². The molecule has 2 rings (SSSR count). The number of hydrogen-bond donors (Lipinski definition) is 1. The van der Waals surface area contributed by atoms with E-state index in [-0.39, 0.29) is 4.90 Å². The van der Waals surface area contributed by atoms with Crippen molar-refractivity contribution in [3.63, 3.8) is 0 Å². The van der Waals surface area contributed by atoms with Gasteiger partial charge in [-0.2, -0.15) is 4.31 Å². The van der Waals surface area contributed by atoms with E-state index in [1.54, 1.807) is 19.2 Å². The van der Waals surface area contributed by atoms with Gasteiger partial charge in [-0.1, -0.05) is 43.3 Å². The van der Waals surface area contributed by atoms with Gasteiger partial charge in [-0.3, -0.25) is 0 Å². The lowest BCUT2D eigenvalue weighted by Gasteiger charge is -2.18. The molecule has 21 heavy (non-hydrogen) atoms. The Bertz CT molecular complexity index is 712. The van der Waals surface area contributed by atoms with Gasteiger partial charge in [-0.25, -0.2) is 8.42 Å². The highest BCUT2D eigenvalue weighted by atomic mass is 32.2. The minimum Gasteiger partial charge on any atom is -0.398 e. The molecule has 4 nitrogen and oxygen atoms in total. The maximum absolute atomic E-state index is 12.6. The predicted molar refractivity (Wildman–Crippen MR) is 85.3 cm³/mol. The first-order valence-corrected chi connectivity index (χ1v) is 8.28. The number of aryl methyl sites for hydroxylation is 1. The first kappa shape index (κ1) is 15.5. The molecule has 0 atom stereocenters. The highest BCUT2D eigenvalue weighted by Crippen LogP contribution is 2.22. The summed E-state index contributed by atoms with van der Waals surface area (Å²) in [7, 11) is -1.96. The summed E-state index contributed by atoms with van der Waals surface area (Å²) in [4.78, 5) is 0.232. The molecule has 0 radical (unpaired) electrons. The molecular weight excluding hydrogens is 284 g/mol. The van der Waals surface area contributed by atoms with E-state index in [2.05, 4.69) is 0 Å². The van der Waals surface area contributed by atoms with Crippen LogP contribution in [0.4, 0.5) is 5.69 Å². The van der Waals surface area contributed by atoms with Crippen LogP contribution in [0.15, 0.2) is 53.4 Å². The molecule has 0 unspecified atom stereocenters. The molecule has 0 amide bonds. The predicted octanol–water partition coefficient (Wildman–Crippen LogP) is 2.65. The van der Waals surface area contributed by atoms with Crippen LogP contribution in [-0.4, -0.2) is 19.8 Å². The molecule has 0 fully saturated rings. The zero-order valence-corrected chi connectivity index (χ0v) is 13.1. The maximum Gasteiger partial charge on any atom is 0.243 e. The van der Waals surface area contributed by atoms with Crippen LogP contribution in [0, 0.1) is 0 Å². The molecule has 2 aromatic rings. The number of nitrogens with zero attached hydrogens (tertiary/aromatic N) is 1. The first-order valence-electron chi connectivity index (χ1n) is 6.84. The van der Waals surface area contributed by atoms with Crippen LogP contribution in [0.5, 0.6) is 0 Å². The summed E-state index contributed by atoms with van der Waals surface area (Å²) in [6.45, 7) is 2.32. The molecular formula is C16H20N2O2S. The van der Waals surface area contributed by atoms with Crippen molar-refractivity contribution in [3.8, 4) is 0 Å². The van der Waals surface area contributed by atoms with E-state index < -0.39 is 10.0 Å². The molecule has 0 saturated heterocycles. The fourth-order valence-electron chi connectivity index (χ4n) is 2.16. The Balaban J connectivity index is 2.27. The summed E-state index contributed by atoms with van der Waals surface area (Å²) in [6, 6.07) is 14.4. The van der Waals surface area contributed by atoms with E-state index in [9.17, 15) is 8.42 Å². The summed E-state index contributed by atoms with van der Waals surface area (Å²) in [5.41, 5.74) is 8.32. The molecule has 0 spiro atoms. The van der Waals surface area contributed by atoms with Crippen molar-refractivity contribution < 1.29 is 8.42 Å². The highest BCUT2D eigenvalue weighted by Gasteiger charge is 2.21. The Labute approximate surface area is 126 Å². The quantitative estimate of drug-likeness (QED) is 0.864. The third kappa shape index (κ3) is 3.43. The lowest BCUT2D eigenvalue weighted by atomic mass is 10.1. The third-order valence-electron chi connectivity index (χ3n) is 3.45. The topological polar surface area (TPSA) is 63.4 Å². The van der Waals surface area contributed by atoms with Crippen LogP contribution in [0.2, 0.25) is 0 Å². The van der Waals surface area contributed by atoms with Crippen molar-refractivity contribution in [1.82, 2.24) is 4.31 Å². The van der Waals surface area contributed by atoms with Gasteiger partial charge in [0.25, 0.3) is 0 Å². The number of sulfonamides is 1. The second-order valence-corrected chi connectivity index (χ2v) is 7.01. The standard InChI is InChI=1S/C16H20N2O2S/c1-3-14-9-10-15(11-16(14)17)21(19,20)18(2)12-13-7-5-4-6-8-13/h4-11H,3,12,17H2,1-2H3. The average molecular weight is 304 g/mol. The number of anilines is 1. The zero-order valence-electron chi connectivity index (χ0n) is 12.3. The third-order valence-corrected chi connectivity index (χ3v) is 5.25. The molecule has 2 N–H and O–H groups in total. The van der Waals surface area contributed by atoms with Crippen LogP contribution >= 0.6 is 0 Å². The van der Waals surface area contributed by atoms with E-state index in [0.29, 0.717) is 12.2 Å². The van der Waals surface area contributed by atoms with Crippen molar-refractivity contribution in [2.45, 2.75) is 24.8 Å². The van der Waals surface area contributed by atoms with Crippen LogP contribution in [0.25, 0.3) is 0 Å². The lowest BCUT2D eigenvalue weighted by molar-refractivity contribution is 0.467. The zero-order chi connectivity index (χ0) is 15.5. The van der Waals surface area contributed by atoms with E-state index in [1.807, 2.05) is 37.3 Å². The van der Waals surface area contributed by atoms with Gasteiger partial charge in [0, 0.05) is 19.3 Å². The minimum atomic E-state index is -3.53. The van der Waals surface area contributed by atoms with Crippen molar-refractivity contribution in [1.29, 1.82) is 0 Å². The largest absolute Gasteiger partial charge is 0.398 e.